The van der Waals surface area contributed by atoms with Gasteiger partial charge in [-0.25, -0.2) is 0 Å². The van der Waals surface area contributed by atoms with Crippen molar-refractivity contribution in [3.8, 4) is 5.75 Å². The molecule has 1 aliphatic rings. The molecule has 1 saturated heterocycles. The molecule has 1 amide bonds. The van der Waals surface area contributed by atoms with Gasteiger partial charge in [0.25, 0.3) is 5.91 Å². The lowest BCUT2D eigenvalue weighted by molar-refractivity contribution is 0.0469. The summed E-state index contributed by atoms with van der Waals surface area (Å²) in [4.78, 5) is 15.6. The molecule has 0 spiro atoms. The molecule has 0 saturated carbocycles. The second-order valence-electron chi connectivity index (χ2n) is 6.31. The van der Waals surface area contributed by atoms with E-state index in [0.717, 1.165) is 45.7 Å². The van der Waals surface area contributed by atoms with E-state index in [2.05, 4.69) is 0 Å². The molecule has 4 nitrogen and oxygen atoms in total. The molecule has 1 N–H and O–H groups in total. The number of fused-ring (bicyclic) bond motifs is 1. The predicted molar refractivity (Wildman–Crippen MR) is 93.4 cm³/mol. The lowest BCUT2D eigenvalue weighted by Gasteiger charge is -2.34. The zero-order valence-corrected chi connectivity index (χ0v) is 14.7. The quantitative estimate of drug-likeness (QED) is 0.936. The summed E-state index contributed by atoms with van der Waals surface area (Å²) in [7, 11) is 1.65. The van der Waals surface area contributed by atoms with Gasteiger partial charge < -0.3 is 14.7 Å². The van der Waals surface area contributed by atoms with Crippen molar-refractivity contribution in [2.45, 2.75) is 32.8 Å². The molecule has 1 fully saturated rings. The number of nitrogens with zero attached hydrogens (tertiary/aromatic N) is 1. The van der Waals surface area contributed by atoms with Gasteiger partial charge in [-0.3, -0.25) is 4.79 Å². The van der Waals surface area contributed by atoms with E-state index in [1.165, 1.54) is 0 Å². The lowest BCUT2D eigenvalue weighted by Crippen LogP contribution is -2.42. The van der Waals surface area contributed by atoms with Crippen LogP contribution in [0.4, 0.5) is 0 Å². The Kier molecular flexibility index (Phi) is 4.60. The van der Waals surface area contributed by atoms with Crippen molar-refractivity contribution in [1.29, 1.82) is 0 Å². The molecule has 124 valence electrons. The minimum Gasteiger partial charge on any atom is -0.497 e. The maximum absolute atomic E-state index is 12.9. The number of piperidine rings is 1. The zero-order valence-electron chi connectivity index (χ0n) is 13.8. The van der Waals surface area contributed by atoms with Gasteiger partial charge in [0.1, 0.15) is 5.75 Å². The van der Waals surface area contributed by atoms with Crippen LogP contribution in [0.25, 0.3) is 10.1 Å². The summed E-state index contributed by atoms with van der Waals surface area (Å²) < 4.78 is 6.39. The van der Waals surface area contributed by atoms with Gasteiger partial charge in [0.2, 0.25) is 0 Å². The maximum Gasteiger partial charge on any atom is 0.264 e. The van der Waals surface area contributed by atoms with E-state index >= 15 is 0 Å². The second-order valence-corrected chi connectivity index (χ2v) is 7.36. The Bertz CT molecular complexity index is 722. The highest BCUT2D eigenvalue weighted by Crippen LogP contribution is 2.34. The van der Waals surface area contributed by atoms with E-state index in [0.29, 0.717) is 6.54 Å². The van der Waals surface area contributed by atoms with Crippen molar-refractivity contribution in [2.75, 3.05) is 20.2 Å². The number of ether oxygens (including phenoxy) is 1. The highest BCUT2D eigenvalue weighted by atomic mass is 32.1. The van der Waals surface area contributed by atoms with E-state index in [4.69, 9.17) is 4.74 Å². The smallest absolute Gasteiger partial charge is 0.264 e. The fourth-order valence-electron chi connectivity index (χ4n) is 3.26. The molecule has 2 aromatic rings. The highest BCUT2D eigenvalue weighted by Gasteiger charge is 2.29. The highest BCUT2D eigenvalue weighted by molar-refractivity contribution is 7.21. The maximum atomic E-state index is 12.9. The number of thiophene rings is 1. The molecule has 23 heavy (non-hydrogen) atoms. The summed E-state index contributed by atoms with van der Waals surface area (Å²) in [5.74, 6) is 1.08. The number of methoxy groups -OCH3 is 1. The molecule has 0 radical (unpaired) electrons. The van der Waals surface area contributed by atoms with E-state index in [1.807, 2.05) is 36.9 Å². The van der Waals surface area contributed by atoms with Crippen molar-refractivity contribution >= 4 is 27.3 Å². The van der Waals surface area contributed by atoms with Crippen LogP contribution in [0.3, 0.4) is 0 Å². The molecule has 5 heteroatoms. The van der Waals surface area contributed by atoms with Gasteiger partial charge in [0.15, 0.2) is 0 Å². The Balaban J connectivity index is 1.90. The molecule has 2 unspecified atom stereocenters. The topological polar surface area (TPSA) is 49.8 Å². The Morgan fingerprint density at radius 3 is 2.96 bits per heavy atom. The SMILES string of the molecule is COc1ccc2sc(C(=O)N3CCCC(C(C)O)C3)c(C)c2c1. The molecule has 1 aromatic heterocycles. The zero-order chi connectivity index (χ0) is 16.6. The third-order valence-electron chi connectivity index (χ3n) is 4.76. The molecule has 1 aliphatic heterocycles. The van der Waals surface area contributed by atoms with E-state index in [-0.39, 0.29) is 17.9 Å². The van der Waals surface area contributed by atoms with E-state index in [1.54, 1.807) is 18.4 Å². The van der Waals surface area contributed by atoms with Crippen LogP contribution in [0.5, 0.6) is 5.75 Å². The summed E-state index contributed by atoms with van der Waals surface area (Å²) in [5, 5.41) is 10.9. The number of hydrogen-bond acceptors (Lipinski definition) is 4. The largest absolute Gasteiger partial charge is 0.497 e. The number of aryl methyl sites for hydroxylation is 1. The van der Waals surface area contributed by atoms with Gasteiger partial charge in [-0.1, -0.05) is 0 Å². The average Bonchev–Trinajstić information content (AvgIpc) is 2.90. The van der Waals surface area contributed by atoms with Crippen LogP contribution in [0.2, 0.25) is 0 Å². The number of hydrogen-bond donors (Lipinski definition) is 1. The van der Waals surface area contributed by atoms with Crippen LogP contribution in [-0.2, 0) is 0 Å². The molecule has 1 aromatic carbocycles. The van der Waals surface area contributed by atoms with Gasteiger partial charge >= 0.3 is 0 Å². The number of amides is 1. The van der Waals surface area contributed by atoms with Crippen LogP contribution >= 0.6 is 11.3 Å². The first-order chi connectivity index (χ1) is 11.0. The standard InChI is InChI=1S/C18H23NO3S/c1-11-15-9-14(22-3)6-7-16(15)23-17(11)18(21)19-8-4-5-13(10-19)12(2)20/h6-7,9,12-13,20H,4-5,8,10H2,1-3H3. The second kappa shape index (κ2) is 6.49. The Morgan fingerprint density at radius 1 is 1.48 bits per heavy atom. The Labute approximate surface area is 140 Å². The number of carbonyl (C=O) groups excluding carboxylic acids is 1. The third-order valence-corrected chi connectivity index (χ3v) is 6.03. The molecule has 2 atom stereocenters. The number of likely N-dealkylation sites (tertiary alicyclic amines) is 1. The fourth-order valence-corrected chi connectivity index (χ4v) is 4.42. The summed E-state index contributed by atoms with van der Waals surface area (Å²) in [5.41, 5.74) is 1.02. The molecule has 2 heterocycles. The molecule has 0 aliphatic carbocycles. The van der Waals surface area contributed by atoms with Crippen LogP contribution in [0.15, 0.2) is 18.2 Å². The van der Waals surface area contributed by atoms with Crippen molar-refractivity contribution in [3.05, 3.63) is 28.6 Å². The third kappa shape index (κ3) is 3.08. The van der Waals surface area contributed by atoms with Crippen LogP contribution in [-0.4, -0.2) is 42.2 Å². The van der Waals surface area contributed by atoms with Crippen molar-refractivity contribution in [3.63, 3.8) is 0 Å². The number of carbonyl (C=O) groups is 1. The first-order valence-electron chi connectivity index (χ1n) is 8.05. The van der Waals surface area contributed by atoms with Crippen molar-refractivity contribution in [2.24, 2.45) is 5.92 Å². The minimum absolute atomic E-state index is 0.0908. The monoisotopic (exact) mass is 333 g/mol. The van der Waals surface area contributed by atoms with Crippen LogP contribution in [0.1, 0.15) is 35.0 Å². The molecule has 3 rings (SSSR count). The lowest BCUT2D eigenvalue weighted by atomic mass is 9.93. The number of rotatable bonds is 3. The van der Waals surface area contributed by atoms with Gasteiger partial charge in [-0.2, -0.15) is 0 Å². The molecule has 0 bridgehead atoms. The van der Waals surface area contributed by atoms with Gasteiger partial charge in [-0.15, -0.1) is 11.3 Å². The first kappa shape index (κ1) is 16.3. The van der Waals surface area contributed by atoms with Crippen molar-refractivity contribution < 1.29 is 14.6 Å². The van der Waals surface area contributed by atoms with Crippen molar-refractivity contribution in [1.82, 2.24) is 4.90 Å². The van der Waals surface area contributed by atoms with E-state index < -0.39 is 0 Å². The number of aliphatic hydroxyl groups excluding tert-OH is 1. The van der Waals surface area contributed by atoms with Crippen LogP contribution < -0.4 is 4.74 Å². The minimum atomic E-state index is -0.363. The normalized spacial score (nSPS) is 19.8. The summed E-state index contributed by atoms with van der Waals surface area (Å²) >= 11 is 1.55. The predicted octanol–water partition coefficient (Wildman–Crippen LogP) is 3.45. The summed E-state index contributed by atoms with van der Waals surface area (Å²) in [6, 6.07) is 5.93. The van der Waals surface area contributed by atoms with E-state index in [9.17, 15) is 9.90 Å². The van der Waals surface area contributed by atoms with Crippen LogP contribution in [0, 0.1) is 12.8 Å². The molecular weight excluding hydrogens is 310 g/mol. The number of aliphatic hydroxyl groups is 1. The first-order valence-corrected chi connectivity index (χ1v) is 8.87. The van der Waals surface area contributed by atoms with Gasteiger partial charge in [0, 0.05) is 23.7 Å². The summed E-state index contributed by atoms with van der Waals surface area (Å²) in [6.45, 7) is 5.24. The Morgan fingerprint density at radius 2 is 2.26 bits per heavy atom. The number of benzene rings is 1. The summed E-state index contributed by atoms with van der Waals surface area (Å²) in [6.07, 6.45) is 1.58. The van der Waals surface area contributed by atoms with Gasteiger partial charge in [0.05, 0.1) is 18.1 Å². The van der Waals surface area contributed by atoms with Gasteiger partial charge in [-0.05, 0) is 55.8 Å². The average molecular weight is 333 g/mol. The molecular formula is C18H23NO3S. The fraction of sp³-hybridized carbons (Fsp3) is 0.500. The Hall–Kier alpha value is -1.59.